The average molecular weight is 470 g/mol. The molecule has 0 aliphatic carbocycles. The van der Waals surface area contributed by atoms with Crippen molar-refractivity contribution in [1.29, 1.82) is 0 Å². The van der Waals surface area contributed by atoms with Crippen molar-refractivity contribution >= 4 is 17.3 Å². The van der Waals surface area contributed by atoms with Crippen LogP contribution in [0.4, 0.5) is 11.6 Å². The lowest BCUT2D eigenvalue weighted by Gasteiger charge is -2.23. The number of hydrogen-bond donors (Lipinski definition) is 3. The highest BCUT2D eigenvalue weighted by molar-refractivity contribution is 5.64. The largest absolute Gasteiger partial charge is 0.370 e. The van der Waals surface area contributed by atoms with Gasteiger partial charge in [-0.05, 0) is 68.0 Å². The van der Waals surface area contributed by atoms with Gasteiger partial charge in [-0.3, -0.25) is 4.98 Å². The summed E-state index contributed by atoms with van der Waals surface area (Å²) in [5.74, 6) is 2.89. The molecular weight excluding hydrogens is 434 g/mol. The molecule has 0 bridgehead atoms. The first-order chi connectivity index (χ1) is 17.1. The molecule has 0 amide bonds. The van der Waals surface area contributed by atoms with Crippen LogP contribution in [0.1, 0.15) is 49.3 Å². The molecule has 1 fully saturated rings. The molecule has 3 aromatic heterocycles. The first-order valence-electron chi connectivity index (χ1n) is 12.7. The van der Waals surface area contributed by atoms with Crippen LogP contribution in [0.3, 0.4) is 0 Å². The highest BCUT2D eigenvalue weighted by Gasteiger charge is 2.16. The molecule has 0 spiro atoms. The van der Waals surface area contributed by atoms with Gasteiger partial charge >= 0.3 is 0 Å². The summed E-state index contributed by atoms with van der Waals surface area (Å²) in [6.07, 6.45) is 6.20. The first-order valence-corrected chi connectivity index (χ1v) is 12.7. The lowest BCUT2D eigenvalue weighted by atomic mass is 9.98. The predicted molar refractivity (Wildman–Crippen MR) is 143 cm³/mol. The number of hydrogen-bond acceptors (Lipinski definition) is 6. The topological polar surface area (TPSA) is 79.2 Å². The smallest absolute Gasteiger partial charge is 0.163 e. The van der Waals surface area contributed by atoms with Crippen molar-refractivity contribution in [3.8, 4) is 11.3 Å². The minimum atomic E-state index is 0.356. The van der Waals surface area contributed by atoms with E-state index in [2.05, 4.69) is 77.1 Å². The van der Waals surface area contributed by atoms with E-state index < -0.39 is 0 Å². The lowest BCUT2D eigenvalue weighted by Crippen LogP contribution is -2.31. The molecule has 0 unspecified atom stereocenters. The molecule has 4 heterocycles. The van der Waals surface area contributed by atoms with Crippen molar-refractivity contribution in [3.05, 3.63) is 71.5 Å². The van der Waals surface area contributed by atoms with E-state index in [9.17, 15) is 0 Å². The van der Waals surface area contributed by atoms with Crippen molar-refractivity contribution in [2.24, 2.45) is 5.92 Å². The highest BCUT2D eigenvalue weighted by atomic mass is 15.3. The molecule has 1 aliphatic rings. The zero-order valence-corrected chi connectivity index (χ0v) is 20.9. The van der Waals surface area contributed by atoms with Crippen LogP contribution >= 0.6 is 0 Å². The van der Waals surface area contributed by atoms with Crippen LogP contribution in [0.5, 0.6) is 0 Å². The van der Waals surface area contributed by atoms with Crippen molar-refractivity contribution < 1.29 is 0 Å². The molecule has 4 aromatic rings. The second-order valence-electron chi connectivity index (χ2n) is 9.81. The molecule has 1 saturated heterocycles. The third kappa shape index (κ3) is 5.30. The Morgan fingerprint density at radius 1 is 1.09 bits per heavy atom. The minimum Gasteiger partial charge on any atom is -0.370 e. The second-order valence-corrected chi connectivity index (χ2v) is 9.81. The van der Waals surface area contributed by atoms with Gasteiger partial charge in [0.2, 0.25) is 0 Å². The number of piperidine rings is 1. The summed E-state index contributed by atoms with van der Waals surface area (Å²) in [5.41, 5.74) is 6.68. The molecule has 7 nitrogen and oxygen atoms in total. The van der Waals surface area contributed by atoms with Crippen molar-refractivity contribution in [3.63, 3.8) is 0 Å². The monoisotopic (exact) mass is 469 g/mol. The normalized spacial score (nSPS) is 14.5. The van der Waals surface area contributed by atoms with Crippen molar-refractivity contribution in [2.75, 3.05) is 30.3 Å². The third-order valence-corrected chi connectivity index (χ3v) is 6.86. The number of nitrogens with one attached hydrogen (secondary N) is 3. The zero-order chi connectivity index (χ0) is 24.2. The third-order valence-electron chi connectivity index (χ3n) is 6.86. The Kier molecular flexibility index (Phi) is 6.95. The van der Waals surface area contributed by atoms with E-state index in [1.165, 1.54) is 29.5 Å². The van der Waals surface area contributed by atoms with Crippen LogP contribution < -0.4 is 16.0 Å². The van der Waals surface area contributed by atoms with Crippen LogP contribution in [0.15, 0.2) is 54.9 Å². The summed E-state index contributed by atoms with van der Waals surface area (Å²) in [6, 6.07) is 14.7. The Labute approximate surface area is 207 Å². The number of aryl methyl sites for hydroxylation is 1. The Morgan fingerprint density at radius 2 is 1.94 bits per heavy atom. The van der Waals surface area contributed by atoms with E-state index in [4.69, 9.17) is 4.98 Å². The van der Waals surface area contributed by atoms with Gasteiger partial charge in [0.1, 0.15) is 11.6 Å². The van der Waals surface area contributed by atoms with E-state index in [0.29, 0.717) is 18.4 Å². The van der Waals surface area contributed by atoms with E-state index >= 15 is 0 Å². The predicted octanol–water partition coefficient (Wildman–Crippen LogP) is 5.25. The number of benzene rings is 1. The Bertz CT molecular complexity index is 1270. The average Bonchev–Trinajstić information content (AvgIpc) is 3.32. The maximum absolute atomic E-state index is 4.94. The quantitative estimate of drug-likeness (QED) is 0.327. The Hall–Kier alpha value is -3.45. The number of nitrogens with zero attached hydrogens (tertiary/aromatic N) is 4. The zero-order valence-electron chi connectivity index (χ0n) is 20.9. The highest BCUT2D eigenvalue weighted by Crippen LogP contribution is 2.26. The molecule has 35 heavy (non-hydrogen) atoms. The Balaban J connectivity index is 1.37. The second kappa shape index (κ2) is 10.4. The summed E-state index contributed by atoms with van der Waals surface area (Å²) in [4.78, 5) is 9.44. The van der Waals surface area contributed by atoms with Gasteiger partial charge in [-0.15, -0.1) is 0 Å². The van der Waals surface area contributed by atoms with Gasteiger partial charge in [-0.25, -0.2) is 4.98 Å². The van der Waals surface area contributed by atoms with Gasteiger partial charge in [-0.1, -0.05) is 38.1 Å². The van der Waals surface area contributed by atoms with Crippen molar-refractivity contribution in [2.45, 2.75) is 46.1 Å². The fraction of sp³-hybridized carbons (Fsp3) is 0.393. The van der Waals surface area contributed by atoms with Gasteiger partial charge in [0, 0.05) is 36.5 Å². The summed E-state index contributed by atoms with van der Waals surface area (Å²) in [6.45, 7) is 10.4. The summed E-state index contributed by atoms with van der Waals surface area (Å²) >= 11 is 0. The van der Waals surface area contributed by atoms with E-state index in [1.54, 1.807) is 0 Å². The fourth-order valence-corrected chi connectivity index (χ4v) is 4.78. The van der Waals surface area contributed by atoms with Gasteiger partial charge in [0.25, 0.3) is 0 Å². The van der Waals surface area contributed by atoms with Crippen LogP contribution in [-0.4, -0.2) is 39.2 Å². The number of anilines is 2. The van der Waals surface area contributed by atoms with Crippen LogP contribution in [0, 0.1) is 12.8 Å². The molecule has 7 heteroatoms. The van der Waals surface area contributed by atoms with E-state index in [-0.39, 0.29) is 0 Å². The molecule has 1 aliphatic heterocycles. The summed E-state index contributed by atoms with van der Waals surface area (Å²) < 4.78 is 1.93. The number of pyridine rings is 1. The van der Waals surface area contributed by atoms with Gasteiger partial charge in [0.05, 0.1) is 11.9 Å². The molecular formula is C28H35N7. The molecule has 5 rings (SSSR count). The van der Waals surface area contributed by atoms with Gasteiger partial charge in [-0.2, -0.15) is 9.61 Å². The maximum Gasteiger partial charge on any atom is 0.163 e. The number of fused-ring (bicyclic) bond motifs is 1. The molecule has 0 atom stereocenters. The molecule has 182 valence electrons. The summed E-state index contributed by atoms with van der Waals surface area (Å²) in [7, 11) is 0. The first kappa shape index (κ1) is 23.3. The van der Waals surface area contributed by atoms with Gasteiger partial charge < -0.3 is 16.0 Å². The fourth-order valence-electron chi connectivity index (χ4n) is 4.78. The molecule has 1 aromatic carbocycles. The van der Waals surface area contributed by atoms with Crippen LogP contribution in [0.25, 0.3) is 16.9 Å². The molecule has 0 radical (unpaired) electrons. The van der Waals surface area contributed by atoms with Crippen LogP contribution in [-0.2, 0) is 6.54 Å². The SMILES string of the molecule is Cc1cc(CNc2cc(NCC3CCNCC3)nc3c(C(C)C)cnn23)ccc1-c1ccccn1. The van der Waals surface area contributed by atoms with E-state index in [1.807, 2.05) is 29.0 Å². The van der Waals surface area contributed by atoms with E-state index in [0.717, 1.165) is 48.2 Å². The lowest BCUT2D eigenvalue weighted by molar-refractivity contribution is 0.389. The van der Waals surface area contributed by atoms with Gasteiger partial charge in [0.15, 0.2) is 5.65 Å². The van der Waals surface area contributed by atoms with Crippen LogP contribution in [0.2, 0.25) is 0 Å². The summed E-state index contributed by atoms with van der Waals surface area (Å²) in [5, 5.41) is 15.3. The number of aromatic nitrogens is 4. The van der Waals surface area contributed by atoms with Crippen molar-refractivity contribution in [1.82, 2.24) is 24.9 Å². The standard InChI is InChI=1S/C28H35N7/c1-19(2)24-18-33-35-27(15-26(34-28(24)35)31-16-21-9-12-29-13-10-21)32-17-22-7-8-23(20(3)14-22)25-6-4-5-11-30-25/h4-8,11,14-15,18-19,21,29,32H,9-10,12-13,16-17H2,1-3H3,(H,31,34). The minimum absolute atomic E-state index is 0.356. The molecule has 3 N–H and O–H groups in total. The Morgan fingerprint density at radius 3 is 2.69 bits per heavy atom. The maximum atomic E-state index is 4.94. The molecule has 0 saturated carbocycles. The number of rotatable bonds is 8.